The van der Waals surface area contributed by atoms with Crippen molar-refractivity contribution in [2.24, 2.45) is 0 Å². The summed E-state index contributed by atoms with van der Waals surface area (Å²) in [5.74, 6) is -0.994. The van der Waals surface area contributed by atoms with E-state index in [0.717, 1.165) is 10.8 Å². The topological polar surface area (TPSA) is 176 Å². The molecule has 4 rings (SSSR count). The highest BCUT2D eigenvalue weighted by Gasteiger charge is 2.46. The molecule has 2 amide bonds. The van der Waals surface area contributed by atoms with E-state index in [4.69, 9.17) is 18.9 Å². The smallest absolute Gasteiger partial charge is 0.259 e. The molecule has 0 unspecified atom stereocenters. The molecule has 3 aromatic carbocycles. The summed E-state index contributed by atoms with van der Waals surface area (Å²) in [6, 6.07) is 11.9. The summed E-state index contributed by atoms with van der Waals surface area (Å²) in [6.45, 7) is 0.598. The number of aliphatic hydroxyl groups excluding tert-OH is 3. The van der Waals surface area contributed by atoms with E-state index in [1.165, 1.54) is 33.3 Å². The Labute approximate surface area is 223 Å². The summed E-state index contributed by atoms with van der Waals surface area (Å²) in [7, 11) is 2.74. The molecule has 12 nitrogen and oxygen atoms in total. The second-order valence-corrected chi connectivity index (χ2v) is 8.92. The lowest BCUT2D eigenvalue weighted by molar-refractivity contribution is -0.244. The molecule has 1 fully saturated rings. The molecular formula is C27H30N2O10. The van der Waals surface area contributed by atoms with Gasteiger partial charge in [-0.2, -0.15) is 0 Å². The Morgan fingerprint density at radius 3 is 2.23 bits per heavy atom. The monoisotopic (exact) mass is 542 g/mol. The van der Waals surface area contributed by atoms with Crippen LogP contribution in [-0.2, 0) is 9.53 Å². The fourth-order valence-corrected chi connectivity index (χ4v) is 4.36. The van der Waals surface area contributed by atoms with Crippen LogP contribution in [0.15, 0.2) is 48.5 Å². The van der Waals surface area contributed by atoms with Gasteiger partial charge < -0.3 is 50.0 Å². The van der Waals surface area contributed by atoms with Crippen LogP contribution in [0.4, 0.5) is 5.69 Å². The molecule has 0 aliphatic carbocycles. The molecule has 0 saturated carbocycles. The van der Waals surface area contributed by atoms with Crippen molar-refractivity contribution in [1.82, 2.24) is 5.32 Å². The number of nitrogens with one attached hydrogen (secondary N) is 2. The van der Waals surface area contributed by atoms with Crippen molar-refractivity contribution in [3.8, 4) is 23.0 Å². The number of aromatic hydroxyl groups is 1. The first-order chi connectivity index (χ1) is 18.7. The molecule has 1 aliphatic rings. The van der Waals surface area contributed by atoms with E-state index >= 15 is 0 Å². The quantitative estimate of drug-likeness (QED) is 0.226. The van der Waals surface area contributed by atoms with Crippen LogP contribution in [0.25, 0.3) is 10.8 Å². The van der Waals surface area contributed by atoms with Crippen LogP contribution < -0.4 is 24.8 Å². The lowest BCUT2D eigenvalue weighted by Gasteiger charge is -2.42. The van der Waals surface area contributed by atoms with Crippen molar-refractivity contribution in [1.29, 1.82) is 0 Å². The minimum absolute atomic E-state index is 0.0385. The molecule has 1 saturated heterocycles. The van der Waals surface area contributed by atoms with Gasteiger partial charge in [0, 0.05) is 19.1 Å². The number of phenols is 1. The lowest BCUT2D eigenvalue weighted by Crippen LogP contribution is -2.65. The average Bonchev–Trinajstić information content (AvgIpc) is 2.92. The van der Waals surface area contributed by atoms with Crippen molar-refractivity contribution in [2.75, 3.05) is 26.1 Å². The number of carbonyl (C=O) groups is 2. The standard InChI is InChI=1S/C27H30N2O10/c1-13(31)28-23-25(34)24(33)22(12-30)39-27(23)38-19-9-15-7-5-4-6-14(15)8-16(19)26(35)29-17-10-21(37-3)18(32)11-20(17)36-2/h4-11,22-25,27,30,32-34H,12H2,1-3H3,(H,28,31)(H,29,35)/t22-,23-,24-,25-,27-/m1/s1. The van der Waals surface area contributed by atoms with Crippen molar-refractivity contribution in [3.63, 3.8) is 0 Å². The van der Waals surface area contributed by atoms with Crippen molar-refractivity contribution >= 4 is 28.3 Å². The summed E-state index contributed by atoms with van der Waals surface area (Å²) in [5.41, 5.74) is 0.273. The maximum absolute atomic E-state index is 13.6. The summed E-state index contributed by atoms with van der Waals surface area (Å²) >= 11 is 0. The largest absolute Gasteiger partial charge is 0.504 e. The number of fused-ring (bicyclic) bond motifs is 1. The van der Waals surface area contributed by atoms with Crippen LogP contribution in [0.1, 0.15) is 17.3 Å². The van der Waals surface area contributed by atoms with E-state index in [9.17, 15) is 30.0 Å². The Kier molecular flexibility index (Phi) is 8.41. The highest BCUT2D eigenvalue weighted by atomic mass is 16.7. The minimum Gasteiger partial charge on any atom is -0.504 e. The number of hydrogen-bond acceptors (Lipinski definition) is 10. The molecular weight excluding hydrogens is 512 g/mol. The zero-order valence-corrected chi connectivity index (χ0v) is 21.5. The fourth-order valence-electron chi connectivity index (χ4n) is 4.36. The summed E-state index contributed by atoms with van der Waals surface area (Å²) in [4.78, 5) is 25.4. The third-order valence-corrected chi connectivity index (χ3v) is 6.34. The molecule has 6 N–H and O–H groups in total. The highest BCUT2D eigenvalue weighted by molar-refractivity contribution is 6.09. The first-order valence-electron chi connectivity index (χ1n) is 12.0. The zero-order valence-electron chi connectivity index (χ0n) is 21.5. The lowest BCUT2D eigenvalue weighted by atomic mass is 9.96. The summed E-state index contributed by atoms with van der Waals surface area (Å²) in [6.07, 6.45) is -5.61. The third kappa shape index (κ3) is 5.83. The summed E-state index contributed by atoms with van der Waals surface area (Å²) < 4.78 is 22.2. The van der Waals surface area contributed by atoms with Gasteiger partial charge in [-0.15, -0.1) is 0 Å². The molecule has 0 spiro atoms. The second-order valence-electron chi connectivity index (χ2n) is 8.92. The van der Waals surface area contributed by atoms with Crippen LogP contribution in [0.2, 0.25) is 0 Å². The Bertz CT molecular complexity index is 1360. The van der Waals surface area contributed by atoms with Gasteiger partial charge in [-0.25, -0.2) is 0 Å². The van der Waals surface area contributed by atoms with E-state index in [-0.39, 0.29) is 34.2 Å². The van der Waals surface area contributed by atoms with Gasteiger partial charge in [0.25, 0.3) is 5.91 Å². The molecule has 0 radical (unpaired) electrons. The number of anilines is 1. The molecule has 208 valence electrons. The maximum atomic E-state index is 13.6. The van der Waals surface area contributed by atoms with E-state index < -0.39 is 49.1 Å². The van der Waals surface area contributed by atoms with Gasteiger partial charge in [0.2, 0.25) is 12.2 Å². The van der Waals surface area contributed by atoms with Gasteiger partial charge in [0.1, 0.15) is 35.9 Å². The Balaban J connectivity index is 1.75. The van der Waals surface area contributed by atoms with Gasteiger partial charge in [0.15, 0.2) is 11.5 Å². The van der Waals surface area contributed by atoms with E-state index in [1.807, 2.05) is 0 Å². The number of benzene rings is 3. The van der Waals surface area contributed by atoms with Crippen LogP contribution in [0.3, 0.4) is 0 Å². The van der Waals surface area contributed by atoms with Gasteiger partial charge in [-0.05, 0) is 22.9 Å². The van der Waals surface area contributed by atoms with Crippen LogP contribution in [0, 0.1) is 0 Å². The number of phenolic OH excluding ortho intramolecular Hbond substituents is 1. The number of methoxy groups -OCH3 is 2. The normalized spacial score (nSPS) is 22.7. The molecule has 5 atom stereocenters. The average molecular weight is 543 g/mol. The highest BCUT2D eigenvalue weighted by Crippen LogP contribution is 2.38. The van der Waals surface area contributed by atoms with Crippen molar-refractivity contribution in [2.45, 2.75) is 37.6 Å². The molecule has 3 aromatic rings. The molecule has 0 bridgehead atoms. The first kappa shape index (κ1) is 27.9. The minimum atomic E-state index is -1.53. The third-order valence-electron chi connectivity index (χ3n) is 6.34. The van der Waals surface area contributed by atoms with Gasteiger partial charge in [-0.1, -0.05) is 24.3 Å². The zero-order chi connectivity index (χ0) is 28.3. The van der Waals surface area contributed by atoms with Gasteiger partial charge in [0.05, 0.1) is 32.1 Å². The van der Waals surface area contributed by atoms with Crippen LogP contribution >= 0.6 is 0 Å². The first-order valence-corrected chi connectivity index (χ1v) is 12.0. The van der Waals surface area contributed by atoms with Gasteiger partial charge >= 0.3 is 0 Å². The number of carbonyl (C=O) groups excluding carboxylic acids is 2. The van der Waals surface area contributed by atoms with E-state index in [0.29, 0.717) is 0 Å². The number of amides is 2. The molecule has 1 heterocycles. The Morgan fingerprint density at radius 1 is 0.949 bits per heavy atom. The Hall–Kier alpha value is -4.10. The predicted octanol–water partition coefficient (Wildman–Crippen LogP) is 1.14. The second kappa shape index (κ2) is 11.7. The van der Waals surface area contributed by atoms with Crippen LogP contribution in [0.5, 0.6) is 23.0 Å². The van der Waals surface area contributed by atoms with E-state index in [2.05, 4.69) is 10.6 Å². The number of rotatable bonds is 8. The number of ether oxygens (including phenoxy) is 4. The molecule has 39 heavy (non-hydrogen) atoms. The fraction of sp³-hybridized carbons (Fsp3) is 0.333. The maximum Gasteiger partial charge on any atom is 0.259 e. The number of hydrogen-bond donors (Lipinski definition) is 6. The van der Waals surface area contributed by atoms with Gasteiger partial charge in [-0.3, -0.25) is 9.59 Å². The summed E-state index contributed by atoms with van der Waals surface area (Å²) in [5, 5.41) is 47.4. The van der Waals surface area contributed by atoms with Crippen LogP contribution in [-0.4, -0.2) is 83.7 Å². The molecule has 1 aliphatic heterocycles. The van der Waals surface area contributed by atoms with Crippen molar-refractivity contribution < 1.29 is 49.0 Å². The molecule has 12 heteroatoms. The van der Waals surface area contributed by atoms with E-state index in [1.54, 1.807) is 36.4 Å². The molecule has 0 aromatic heterocycles. The van der Waals surface area contributed by atoms with Crippen molar-refractivity contribution in [3.05, 3.63) is 54.1 Å². The Morgan fingerprint density at radius 2 is 1.62 bits per heavy atom. The predicted molar refractivity (Wildman–Crippen MR) is 139 cm³/mol. The SMILES string of the molecule is COc1cc(NC(=O)c2cc3ccccc3cc2O[C@@H]2O[C@H](CO)[C@@H](O)[C@H](O)[C@H]2NC(C)=O)c(OC)cc1O. The number of aliphatic hydroxyl groups is 3.